The molecular weight excluding hydrogens is 230 g/mol. The van der Waals surface area contributed by atoms with E-state index in [-0.39, 0.29) is 0 Å². The monoisotopic (exact) mass is 240 g/mol. The van der Waals surface area contributed by atoms with Gasteiger partial charge in [-0.1, -0.05) is 17.7 Å². The van der Waals surface area contributed by atoms with Gasteiger partial charge in [-0.15, -0.1) is 10.3 Å². The summed E-state index contributed by atoms with van der Waals surface area (Å²) in [5.41, 5.74) is 3.41. The molecule has 16 heavy (non-hydrogen) atoms. The molecule has 0 atom stereocenters. The Morgan fingerprint density at radius 3 is 3.19 bits per heavy atom. The molecule has 0 aliphatic carbocycles. The second kappa shape index (κ2) is 4.89. The quantitative estimate of drug-likeness (QED) is 0.349. The van der Waals surface area contributed by atoms with E-state index in [1.54, 1.807) is 12.3 Å². The van der Waals surface area contributed by atoms with Crippen LogP contribution in [0.5, 0.6) is 0 Å². The fourth-order valence-corrected chi connectivity index (χ4v) is 1.68. The zero-order valence-electron chi connectivity index (χ0n) is 8.48. The minimum Gasteiger partial charge on any atom is -0.273 e. The fourth-order valence-electron chi connectivity index (χ4n) is 1.56. The summed E-state index contributed by atoms with van der Waals surface area (Å²) in [5.74, 6) is 0.630. The van der Waals surface area contributed by atoms with Gasteiger partial charge in [-0.3, -0.25) is 9.89 Å². The van der Waals surface area contributed by atoms with Gasteiger partial charge in [0, 0.05) is 11.8 Å². The van der Waals surface area contributed by atoms with Gasteiger partial charge in [-0.05, 0) is 6.07 Å². The number of nitroso groups, excluding NO2 is 1. The van der Waals surface area contributed by atoms with Gasteiger partial charge in [-0.25, -0.2) is 4.98 Å². The van der Waals surface area contributed by atoms with Crippen LogP contribution in [-0.4, -0.2) is 28.6 Å². The second-order valence-electron chi connectivity index (χ2n) is 3.39. The fraction of sp³-hybridized carbons (Fsp3) is 0.333. The number of aromatic nitrogens is 1. The zero-order chi connectivity index (χ0) is 11.4. The molecule has 84 valence electrons. The van der Waals surface area contributed by atoms with Gasteiger partial charge in [0.05, 0.1) is 19.6 Å². The molecule has 1 aliphatic heterocycles. The van der Waals surface area contributed by atoms with E-state index in [9.17, 15) is 4.91 Å². The highest BCUT2D eigenvalue weighted by atomic mass is 35.5. The predicted molar refractivity (Wildman–Crippen MR) is 60.0 cm³/mol. The zero-order valence-corrected chi connectivity index (χ0v) is 9.24. The first-order valence-corrected chi connectivity index (χ1v) is 5.22. The van der Waals surface area contributed by atoms with Crippen LogP contribution in [0, 0.1) is 4.91 Å². The molecule has 0 saturated heterocycles. The third-order valence-corrected chi connectivity index (χ3v) is 2.53. The molecule has 0 radical (unpaired) electrons. The summed E-state index contributed by atoms with van der Waals surface area (Å²) < 4.78 is 1.98. The third kappa shape index (κ3) is 2.46. The summed E-state index contributed by atoms with van der Waals surface area (Å²) in [6.45, 7) is 2.27. The summed E-state index contributed by atoms with van der Waals surface area (Å²) in [5, 5.41) is 6.15. The van der Waals surface area contributed by atoms with Crippen molar-refractivity contribution in [2.45, 2.75) is 6.54 Å². The molecule has 0 amide bonds. The maximum Gasteiger partial charge on any atom is 0.372 e. The third-order valence-electron chi connectivity index (χ3n) is 2.30. The Hall–Kier alpha value is -1.69. The predicted octanol–water partition coefficient (Wildman–Crippen LogP) is 0.478. The molecule has 1 aromatic rings. The molecule has 0 bridgehead atoms. The Morgan fingerprint density at radius 1 is 1.62 bits per heavy atom. The lowest BCUT2D eigenvalue weighted by atomic mass is 10.3. The van der Waals surface area contributed by atoms with Crippen LogP contribution >= 0.6 is 11.6 Å². The summed E-state index contributed by atoms with van der Waals surface area (Å²) in [4.78, 5) is 14.1. The van der Waals surface area contributed by atoms with Gasteiger partial charge in [-0.2, -0.15) is 0 Å². The topological polar surface area (TPSA) is 69.4 Å². The largest absolute Gasteiger partial charge is 0.372 e. The molecule has 0 spiro atoms. The molecular formula is C9H11ClN5O+. The first kappa shape index (κ1) is 10.8. The van der Waals surface area contributed by atoms with Gasteiger partial charge in [0.2, 0.25) is 0 Å². The Balaban J connectivity index is 2.11. The lowest BCUT2D eigenvalue weighted by Gasteiger charge is -2.03. The number of hydrogen-bond acceptors (Lipinski definition) is 4. The van der Waals surface area contributed by atoms with Gasteiger partial charge < -0.3 is 0 Å². The van der Waals surface area contributed by atoms with Crippen molar-refractivity contribution < 1.29 is 4.58 Å². The molecule has 2 N–H and O–H groups in total. The molecule has 0 unspecified atom stereocenters. The summed E-state index contributed by atoms with van der Waals surface area (Å²) >= 11 is 5.70. The number of rotatable bonds is 3. The highest BCUT2D eigenvalue weighted by Gasteiger charge is 2.20. The van der Waals surface area contributed by atoms with Crippen molar-refractivity contribution in [1.29, 1.82) is 0 Å². The van der Waals surface area contributed by atoms with Crippen LogP contribution in [0.1, 0.15) is 5.56 Å². The molecule has 1 aliphatic rings. The number of pyridine rings is 1. The van der Waals surface area contributed by atoms with Crippen LogP contribution in [0.15, 0.2) is 23.6 Å². The van der Waals surface area contributed by atoms with Crippen LogP contribution in [0.3, 0.4) is 0 Å². The van der Waals surface area contributed by atoms with Gasteiger partial charge >= 0.3 is 5.96 Å². The average molecular weight is 241 g/mol. The Labute approximate surface area is 97.3 Å². The maximum atomic E-state index is 10.1. The van der Waals surface area contributed by atoms with Crippen molar-refractivity contribution in [2.75, 3.05) is 13.1 Å². The summed E-state index contributed by atoms with van der Waals surface area (Å²) in [6, 6.07) is 3.64. The minimum absolute atomic E-state index is 0.472. The second-order valence-corrected chi connectivity index (χ2v) is 3.78. The SMILES string of the molecule is O=NNC1=[N+](Cc2ccc(Cl)nc2)CCN1. The van der Waals surface area contributed by atoms with E-state index in [1.807, 2.05) is 10.6 Å². The minimum atomic E-state index is 0.472. The van der Waals surface area contributed by atoms with Crippen LogP contribution in [-0.2, 0) is 6.54 Å². The lowest BCUT2D eigenvalue weighted by molar-refractivity contribution is -0.536. The number of halogens is 1. The Morgan fingerprint density at radius 2 is 2.50 bits per heavy atom. The highest BCUT2D eigenvalue weighted by molar-refractivity contribution is 6.29. The molecule has 2 rings (SSSR count). The van der Waals surface area contributed by atoms with E-state index in [0.717, 1.165) is 18.7 Å². The lowest BCUT2D eigenvalue weighted by Crippen LogP contribution is -2.34. The molecule has 0 fully saturated rings. The van der Waals surface area contributed by atoms with E-state index >= 15 is 0 Å². The average Bonchev–Trinajstić information content (AvgIpc) is 2.70. The normalized spacial score (nSPS) is 14.8. The van der Waals surface area contributed by atoms with E-state index in [4.69, 9.17) is 11.6 Å². The van der Waals surface area contributed by atoms with E-state index < -0.39 is 0 Å². The first-order chi connectivity index (χ1) is 7.79. The molecule has 6 nitrogen and oxygen atoms in total. The molecule has 7 heteroatoms. The van der Waals surface area contributed by atoms with Crippen LogP contribution < -0.4 is 10.7 Å². The van der Waals surface area contributed by atoms with Crippen molar-refractivity contribution in [1.82, 2.24) is 15.7 Å². The molecule has 1 aromatic heterocycles. The van der Waals surface area contributed by atoms with Crippen molar-refractivity contribution >= 4 is 17.6 Å². The van der Waals surface area contributed by atoms with E-state index in [2.05, 4.69) is 21.0 Å². The molecule has 2 heterocycles. The summed E-state index contributed by atoms with van der Waals surface area (Å²) in [6.07, 6.45) is 1.71. The van der Waals surface area contributed by atoms with Gasteiger partial charge in [0.1, 0.15) is 10.4 Å². The number of hydrogen-bond donors (Lipinski definition) is 2. The summed E-state index contributed by atoms with van der Waals surface area (Å²) in [7, 11) is 0. The van der Waals surface area contributed by atoms with Gasteiger partial charge in [0.15, 0.2) is 0 Å². The van der Waals surface area contributed by atoms with Crippen molar-refractivity contribution in [3.63, 3.8) is 0 Å². The number of nitrogens with one attached hydrogen (secondary N) is 2. The first-order valence-electron chi connectivity index (χ1n) is 4.84. The van der Waals surface area contributed by atoms with E-state index in [0.29, 0.717) is 17.7 Å². The van der Waals surface area contributed by atoms with Crippen molar-refractivity contribution in [3.05, 3.63) is 34.0 Å². The smallest absolute Gasteiger partial charge is 0.273 e. The van der Waals surface area contributed by atoms with Crippen LogP contribution in [0.4, 0.5) is 0 Å². The highest BCUT2D eigenvalue weighted by Crippen LogP contribution is 2.06. The van der Waals surface area contributed by atoms with Gasteiger partial charge in [0.25, 0.3) is 0 Å². The van der Waals surface area contributed by atoms with Crippen molar-refractivity contribution in [2.24, 2.45) is 5.29 Å². The Bertz CT molecular complexity index is 416. The molecule has 0 saturated carbocycles. The van der Waals surface area contributed by atoms with E-state index in [1.165, 1.54) is 0 Å². The standard InChI is InChI=1S/C9H10ClN5O/c10-8-2-1-7(5-12-8)6-15-4-3-11-9(15)13-14-16/h1-2,5H,3-4,6H2,(H,11,13,16)/p+1. The Kier molecular flexibility index (Phi) is 3.31. The number of nitrogens with zero attached hydrogens (tertiary/aromatic N) is 3. The van der Waals surface area contributed by atoms with Crippen molar-refractivity contribution in [3.8, 4) is 0 Å². The van der Waals surface area contributed by atoms with Crippen LogP contribution in [0.2, 0.25) is 5.15 Å². The maximum absolute atomic E-state index is 10.1. The van der Waals surface area contributed by atoms with Crippen LogP contribution in [0.25, 0.3) is 0 Å². The number of guanidine groups is 1. The molecule has 0 aromatic carbocycles.